The van der Waals surface area contributed by atoms with Crippen molar-refractivity contribution >= 4 is 22.8 Å². The number of amides is 2. The number of furan rings is 1. The fourth-order valence-corrected chi connectivity index (χ4v) is 3.06. The average Bonchev–Trinajstić information content (AvgIpc) is 2.92. The highest BCUT2D eigenvalue weighted by Crippen LogP contribution is 2.27. The molecule has 24 heavy (non-hydrogen) atoms. The van der Waals surface area contributed by atoms with E-state index >= 15 is 0 Å². The summed E-state index contributed by atoms with van der Waals surface area (Å²) in [4.78, 5) is 24.2. The summed E-state index contributed by atoms with van der Waals surface area (Å²) in [6.07, 6.45) is 5.72. The van der Waals surface area contributed by atoms with Gasteiger partial charge in [-0.2, -0.15) is 0 Å². The lowest BCUT2D eigenvalue weighted by molar-refractivity contribution is -0.117. The van der Waals surface area contributed by atoms with E-state index in [1.807, 2.05) is 31.2 Å². The molecule has 1 aromatic heterocycles. The maximum Gasteiger partial charge on any atom is 0.305 e. The molecule has 1 aliphatic carbocycles. The summed E-state index contributed by atoms with van der Waals surface area (Å²) >= 11 is 0. The van der Waals surface area contributed by atoms with Gasteiger partial charge in [-0.05, 0) is 44.6 Å². The Morgan fingerprint density at radius 1 is 1.17 bits per heavy atom. The van der Waals surface area contributed by atoms with Crippen LogP contribution in [0.5, 0.6) is 0 Å². The molecule has 0 aliphatic heterocycles. The minimum atomic E-state index is -0.451. The summed E-state index contributed by atoms with van der Waals surface area (Å²) in [6, 6.07) is 7.46. The van der Waals surface area contributed by atoms with Gasteiger partial charge in [0.15, 0.2) is 5.76 Å². The minimum Gasteiger partial charge on any atom is -0.451 e. The van der Waals surface area contributed by atoms with Crippen LogP contribution in [0.15, 0.2) is 40.3 Å². The Morgan fingerprint density at radius 2 is 1.88 bits per heavy atom. The van der Waals surface area contributed by atoms with Gasteiger partial charge in [-0.1, -0.05) is 30.7 Å². The predicted octanol–water partition coefficient (Wildman–Crippen LogP) is 3.64. The molecule has 5 nitrogen and oxygen atoms in total. The lowest BCUT2D eigenvalue weighted by Gasteiger charge is -2.19. The third-order valence-corrected chi connectivity index (χ3v) is 4.60. The zero-order chi connectivity index (χ0) is 17.1. The number of aryl methyl sites for hydroxylation is 1. The molecule has 1 aliphatic rings. The molecule has 1 fully saturated rings. The quantitative estimate of drug-likeness (QED) is 0.654. The number of allylic oxidation sites excluding steroid dienone is 1. The van der Waals surface area contributed by atoms with Gasteiger partial charge in [0.25, 0.3) is 5.91 Å². The van der Waals surface area contributed by atoms with Gasteiger partial charge < -0.3 is 4.42 Å². The Bertz CT molecular complexity index is 794. The Labute approximate surface area is 141 Å². The SMILES string of the molecule is Cc1c(C(=O)NNC(=O)C=C2CCC(C)CC2)oc2ccccc12. The number of benzene rings is 1. The first kappa shape index (κ1) is 16.3. The number of fused-ring (bicyclic) bond motifs is 1. The van der Waals surface area contributed by atoms with Crippen molar-refractivity contribution < 1.29 is 14.0 Å². The molecule has 2 N–H and O–H groups in total. The molecule has 0 saturated heterocycles. The van der Waals surface area contributed by atoms with E-state index in [9.17, 15) is 9.59 Å². The van der Waals surface area contributed by atoms with Crippen LogP contribution in [-0.4, -0.2) is 11.8 Å². The van der Waals surface area contributed by atoms with E-state index in [-0.39, 0.29) is 11.7 Å². The number of hydrogen-bond acceptors (Lipinski definition) is 3. The molecule has 126 valence electrons. The smallest absolute Gasteiger partial charge is 0.305 e. The van der Waals surface area contributed by atoms with Gasteiger partial charge in [-0.15, -0.1) is 0 Å². The van der Waals surface area contributed by atoms with Gasteiger partial charge >= 0.3 is 5.91 Å². The van der Waals surface area contributed by atoms with Crippen molar-refractivity contribution in [1.29, 1.82) is 0 Å². The van der Waals surface area contributed by atoms with Gasteiger partial charge in [-0.25, -0.2) is 0 Å². The van der Waals surface area contributed by atoms with E-state index in [4.69, 9.17) is 4.42 Å². The van der Waals surface area contributed by atoms with Crippen LogP contribution in [0.1, 0.15) is 48.7 Å². The van der Waals surface area contributed by atoms with Gasteiger partial charge in [0.05, 0.1) is 0 Å². The number of nitrogens with one attached hydrogen (secondary N) is 2. The first-order valence-corrected chi connectivity index (χ1v) is 8.32. The molecule has 0 spiro atoms. The lowest BCUT2D eigenvalue weighted by Crippen LogP contribution is -2.41. The second-order valence-electron chi connectivity index (χ2n) is 6.48. The number of hydrazine groups is 1. The van der Waals surface area contributed by atoms with Gasteiger partial charge in [-0.3, -0.25) is 20.4 Å². The monoisotopic (exact) mass is 326 g/mol. The van der Waals surface area contributed by atoms with Crippen LogP contribution in [0.2, 0.25) is 0 Å². The molecule has 0 bridgehead atoms. The zero-order valence-electron chi connectivity index (χ0n) is 14.0. The standard InChI is InChI=1S/C19H22N2O3/c1-12-7-9-14(10-8-12)11-17(22)20-21-19(23)18-13(2)15-5-3-4-6-16(15)24-18/h3-6,11-12H,7-10H2,1-2H3,(H,20,22)(H,21,23). The zero-order valence-corrected chi connectivity index (χ0v) is 14.0. The predicted molar refractivity (Wildman–Crippen MR) is 92.3 cm³/mol. The topological polar surface area (TPSA) is 71.3 Å². The maximum atomic E-state index is 12.2. The van der Waals surface area contributed by atoms with E-state index in [2.05, 4.69) is 17.8 Å². The van der Waals surface area contributed by atoms with Crippen LogP contribution in [0.25, 0.3) is 11.0 Å². The molecule has 2 amide bonds. The molecule has 1 heterocycles. The van der Waals surface area contributed by atoms with Crippen molar-refractivity contribution in [1.82, 2.24) is 10.9 Å². The van der Waals surface area contributed by atoms with Crippen LogP contribution in [0.4, 0.5) is 0 Å². The summed E-state index contributed by atoms with van der Waals surface area (Å²) in [5.41, 5.74) is 7.42. The Morgan fingerprint density at radius 3 is 2.58 bits per heavy atom. The van der Waals surface area contributed by atoms with Crippen LogP contribution in [-0.2, 0) is 4.79 Å². The van der Waals surface area contributed by atoms with Crippen molar-refractivity contribution in [3.63, 3.8) is 0 Å². The van der Waals surface area contributed by atoms with Crippen LogP contribution in [0, 0.1) is 12.8 Å². The van der Waals surface area contributed by atoms with Crippen molar-refractivity contribution in [2.24, 2.45) is 5.92 Å². The number of rotatable bonds is 2. The molecule has 0 unspecified atom stereocenters. The van der Waals surface area contributed by atoms with Crippen LogP contribution >= 0.6 is 0 Å². The Kier molecular flexibility index (Phi) is 4.69. The Hall–Kier alpha value is -2.56. The highest BCUT2D eigenvalue weighted by molar-refractivity contribution is 6.00. The van der Waals surface area contributed by atoms with E-state index in [1.165, 1.54) is 0 Å². The van der Waals surface area contributed by atoms with Gasteiger partial charge in [0.1, 0.15) is 5.58 Å². The van der Waals surface area contributed by atoms with Crippen molar-refractivity contribution in [2.45, 2.75) is 39.5 Å². The molecule has 0 atom stereocenters. The second kappa shape index (κ2) is 6.91. The summed E-state index contributed by atoms with van der Waals surface area (Å²) in [7, 11) is 0. The third-order valence-electron chi connectivity index (χ3n) is 4.60. The van der Waals surface area contributed by atoms with Crippen molar-refractivity contribution in [3.05, 3.63) is 47.2 Å². The van der Waals surface area contributed by atoms with E-state index in [1.54, 1.807) is 6.08 Å². The fourth-order valence-electron chi connectivity index (χ4n) is 3.06. The van der Waals surface area contributed by atoms with Gasteiger partial charge in [0.2, 0.25) is 0 Å². The second-order valence-corrected chi connectivity index (χ2v) is 6.48. The summed E-state index contributed by atoms with van der Waals surface area (Å²) in [5, 5.41) is 0.896. The molecule has 5 heteroatoms. The summed E-state index contributed by atoms with van der Waals surface area (Å²) in [5.74, 6) is 0.186. The average molecular weight is 326 g/mol. The largest absolute Gasteiger partial charge is 0.451 e. The number of para-hydroxylation sites is 1. The lowest BCUT2D eigenvalue weighted by atomic mass is 9.87. The normalized spacial score (nSPS) is 17.6. The highest BCUT2D eigenvalue weighted by atomic mass is 16.3. The number of carbonyl (C=O) groups is 2. The molecule has 3 rings (SSSR count). The van der Waals surface area contributed by atoms with E-state index in [0.717, 1.165) is 48.1 Å². The fraction of sp³-hybridized carbons (Fsp3) is 0.368. The highest BCUT2D eigenvalue weighted by Gasteiger charge is 2.18. The van der Waals surface area contributed by atoms with Crippen LogP contribution in [0.3, 0.4) is 0 Å². The molecule has 2 aromatic rings. The van der Waals surface area contributed by atoms with Crippen LogP contribution < -0.4 is 10.9 Å². The van der Waals surface area contributed by atoms with Crippen molar-refractivity contribution in [2.75, 3.05) is 0 Å². The van der Waals surface area contributed by atoms with Crippen molar-refractivity contribution in [3.8, 4) is 0 Å². The molecule has 1 saturated carbocycles. The first-order chi connectivity index (χ1) is 11.5. The Balaban J connectivity index is 1.61. The summed E-state index contributed by atoms with van der Waals surface area (Å²) < 4.78 is 5.58. The third kappa shape index (κ3) is 3.50. The first-order valence-electron chi connectivity index (χ1n) is 8.32. The summed E-state index contributed by atoms with van der Waals surface area (Å²) in [6.45, 7) is 4.06. The van der Waals surface area contributed by atoms with Gasteiger partial charge in [0, 0.05) is 17.0 Å². The maximum absolute atomic E-state index is 12.2. The van der Waals surface area contributed by atoms with E-state index in [0.29, 0.717) is 5.58 Å². The molecular weight excluding hydrogens is 304 g/mol. The number of carbonyl (C=O) groups excluding carboxylic acids is 2. The van der Waals surface area contributed by atoms with E-state index < -0.39 is 5.91 Å². The molecular formula is C19H22N2O3. The number of hydrogen-bond donors (Lipinski definition) is 2. The molecule has 0 radical (unpaired) electrons. The molecule has 1 aromatic carbocycles. The minimum absolute atomic E-state index is 0.218.